The Hall–Kier alpha value is -1.59. The number of piperidine rings is 1. The van der Waals surface area contributed by atoms with Gasteiger partial charge in [0.2, 0.25) is 11.8 Å². The summed E-state index contributed by atoms with van der Waals surface area (Å²) < 4.78 is 0. The van der Waals surface area contributed by atoms with Gasteiger partial charge in [-0.2, -0.15) is 0 Å². The number of anilines is 1. The Morgan fingerprint density at radius 3 is 2.88 bits per heavy atom. The lowest BCUT2D eigenvalue weighted by atomic mass is 9.99. The molecule has 0 aromatic heterocycles. The Bertz CT molecular complexity index is 602. The third kappa shape index (κ3) is 4.73. The average Bonchev–Trinajstić information content (AvgIpc) is 3.02. The van der Waals surface area contributed by atoms with E-state index >= 15 is 0 Å². The second kappa shape index (κ2) is 9.20. The van der Waals surface area contributed by atoms with Gasteiger partial charge in [-0.3, -0.25) is 9.59 Å². The first kappa shape index (κ1) is 19.7. The van der Waals surface area contributed by atoms with Gasteiger partial charge in [-0.1, -0.05) is 25.1 Å². The van der Waals surface area contributed by atoms with Crippen molar-refractivity contribution in [1.29, 1.82) is 0 Å². The second-order valence-corrected chi connectivity index (χ2v) is 6.85. The molecule has 3 rings (SSSR count). The number of nitrogens with zero attached hydrogens (tertiary/aromatic N) is 1. The Morgan fingerprint density at radius 2 is 2.16 bits per heavy atom. The topological polar surface area (TPSA) is 61.4 Å². The van der Waals surface area contributed by atoms with Gasteiger partial charge in [0.15, 0.2) is 0 Å². The average molecular weight is 366 g/mol. The zero-order valence-corrected chi connectivity index (χ0v) is 15.6. The number of hydrogen-bond acceptors (Lipinski definition) is 3. The lowest BCUT2D eigenvalue weighted by Crippen LogP contribution is -2.40. The van der Waals surface area contributed by atoms with Gasteiger partial charge in [-0.15, -0.1) is 12.4 Å². The summed E-state index contributed by atoms with van der Waals surface area (Å²) >= 11 is 0. The molecule has 0 radical (unpaired) electrons. The van der Waals surface area contributed by atoms with Crippen molar-refractivity contribution >= 4 is 29.9 Å². The van der Waals surface area contributed by atoms with Gasteiger partial charge in [0, 0.05) is 25.2 Å². The Morgan fingerprint density at radius 1 is 1.36 bits per heavy atom. The number of nitrogens with one attached hydrogen (secondary N) is 2. The van der Waals surface area contributed by atoms with Gasteiger partial charge in [0.25, 0.3) is 0 Å². The Balaban J connectivity index is 0.00000225. The molecule has 0 saturated carbocycles. The quantitative estimate of drug-likeness (QED) is 0.840. The molecule has 2 N–H and O–H groups in total. The molecule has 2 aliphatic rings. The van der Waals surface area contributed by atoms with E-state index < -0.39 is 0 Å². The minimum absolute atomic E-state index is 0. The molecule has 0 aliphatic carbocycles. The third-order valence-electron chi connectivity index (χ3n) is 5.12. The summed E-state index contributed by atoms with van der Waals surface area (Å²) in [6, 6.07) is 7.97. The first-order valence-electron chi connectivity index (χ1n) is 9.05. The number of carbonyl (C=O) groups excluding carboxylic acids is 2. The van der Waals surface area contributed by atoms with Gasteiger partial charge in [-0.05, 0) is 49.9 Å². The highest BCUT2D eigenvalue weighted by molar-refractivity contribution is 6.00. The van der Waals surface area contributed by atoms with Crippen LogP contribution in [0.25, 0.3) is 0 Å². The normalized spacial score (nSPS) is 23.2. The van der Waals surface area contributed by atoms with E-state index in [9.17, 15) is 9.59 Å². The Kier molecular flexibility index (Phi) is 7.26. The van der Waals surface area contributed by atoms with E-state index in [2.05, 4.69) is 17.6 Å². The molecule has 6 heteroatoms. The molecule has 2 fully saturated rings. The zero-order chi connectivity index (χ0) is 16.9. The predicted molar refractivity (Wildman–Crippen MR) is 102 cm³/mol. The van der Waals surface area contributed by atoms with Crippen LogP contribution in [-0.4, -0.2) is 38.0 Å². The smallest absolute Gasteiger partial charge is 0.227 e. The molecule has 2 heterocycles. The van der Waals surface area contributed by atoms with Crippen molar-refractivity contribution in [3.8, 4) is 0 Å². The number of rotatable bonds is 5. The van der Waals surface area contributed by atoms with Crippen LogP contribution in [0.1, 0.15) is 31.7 Å². The van der Waals surface area contributed by atoms with Crippen LogP contribution >= 0.6 is 12.4 Å². The number of amides is 2. The predicted octanol–water partition coefficient (Wildman–Crippen LogP) is 2.14. The molecule has 2 amide bonds. The van der Waals surface area contributed by atoms with Crippen LogP contribution in [-0.2, 0) is 16.0 Å². The molecule has 2 atom stereocenters. The number of aryl methyl sites for hydroxylation is 1. The van der Waals surface area contributed by atoms with Gasteiger partial charge < -0.3 is 15.5 Å². The summed E-state index contributed by atoms with van der Waals surface area (Å²) in [7, 11) is 0. The third-order valence-corrected chi connectivity index (χ3v) is 5.12. The van der Waals surface area contributed by atoms with E-state index in [0.717, 1.165) is 37.2 Å². The molecule has 2 aliphatic heterocycles. The van der Waals surface area contributed by atoms with Crippen molar-refractivity contribution in [3.05, 3.63) is 29.8 Å². The van der Waals surface area contributed by atoms with Crippen LogP contribution in [0.5, 0.6) is 0 Å². The summed E-state index contributed by atoms with van der Waals surface area (Å²) in [5, 5.41) is 6.42. The van der Waals surface area contributed by atoms with Crippen molar-refractivity contribution in [1.82, 2.24) is 10.6 Å². The lowest BCUT2D eigenvalue weighted by molar-refractivity contribution is -0.126. The van der Waals surface area contributed by atoms with E-state index in [4.69, 9.17) is 0 Å². The first-order valence-corrected chi connectivity index (χ1v) is 9.05. The lowest BCUT2D eigenvalue weighted by Gasteiger charge is -2.23. The highest BCUT2D eigenvalue weighted by Gasteiger charge is 2.35. The van der Waals surface area contributed by atoms with Crippen molar-refractivity contribution in [2.24, 2.45) is 11.8 Å². The van der Waals surface area contributed by atoms with E-state index in [1.165, 1.54) is 6.42 Å². The SMILES string of the molecule is CCc1ccccc1N1CC(C(=O)NCC2CCCNC2)CC1=O.Cl. The minimum Gasteiger partial charge on any atom is -0.355 e. The molecular formula is C19H28ClN3O2. The molecule has 25 heavy (non-hydrogen) atoms. The van der Waals surface area contributed by atoms with Crippen LogP contribution in [0.2, 0.25) is 0 Å². The van der Waals surface area contributed by atoms with Crippen molar-refractivity contribution in [2.75, 3.05) is 31.1 Å². The molecule has 2 unspecified atom stereocenters. The van der Waals surface area contributed by atoms with Crippen LogP contribution in [0.4, 0.5) is 5.69 Å². The van der Waals surface area contributed by atoms with Crippen molar-refractivity contribution in [2.45, 2.75) is 32.6 Å². The molecule has 1 aromatic carbocycles. The van der Waals surface area contributed by atoms with E-state index in [0.29, 0.717) is 25.4 Å². The van der Waals surface area contributed by atoms with Gasteiger partial charge in [0.1, 0.15) is 0 Å². The van der Waals surface area contributed by atoms with Crippen molar-refractivity contribution in [3.63, 3.8) is 0 Å². The van der Waals surface area contributed by atoms with Crippen LogP contribution < -0.4 is 15.5 Å². The zero-order valence-electron chi connectivity index (χ0n) is 14.8. The maximum absolute atomic E-state index is 12.5. The summed E-state index contributed by atoms with van der Waals surface area (Å²) in [6.45, 7) is 5.34. The van der Waals surface area contributed by atoms with Gasteiger partial charge in [0.05, 0.1) is 5.92 Å². The molecule has 2 saturated heterocycles. The molecule has 5 nitrogen and oxygen atoms in total. The minimum atomic E-state index is -0.237. The molecule has 0 bridgehead atoms. The number of para-hydroxylation sites is 1. The molecule has 0 spiro atoms. The summed E-state index contributed by atoms with van der Waals surface area (Å²) in [5.41, 5.74) is 2.11. The van der Waals surface area contributed by atoms with Crippen LogP contribution in [0.3, 0.4) is 0 Å². The summed E-state index contributed by atoms with van der Waals surface area (Å²) in [5.74, 6) is 0.344. The van der Waals surface area contributed by atoms with E-state index in [1.54, 1.807) is 4.90 Å². The van der Waals surface area contributed by atoms with Crippen LogP contribution in [0, 0.1) is 11.8 Å². The fourth-order valence-corrected chi connectivity index (χ4v) is 3.68. The fraction of sp³-hybridized carbons (Fsp3) is 0.579. The maximum Gasteiger partial charge on any atom is 0.227 e. The first-order chi connectivity index (χ1) is 11.7. The molecule has 1 aromatic rings. The van der Waals surface area contributed by atoms with E-state index in [-0.39, 0.29) is 30.1 Å². The monoisotopic (exact) mass is 365 g/mol. The fourth-order valence-electron chi connectivity index (χ4n) is 3.68. The summed E-state index contributed by atoms with van der Waals surface area (Å²) in [6.07, 6.45) is 3.52. The van der Waals surface area contributed by atoms with Crippen LogP contribution in [0.15, 0.2) is 24.3 Å². The highest BCUT2D eigenvalue weighted by atomic mass is 35.5. The number of benzene rings is 1. The van der Waals surface area contributed by atoms with Gasteiger partial charge in [-0.25, -0.2) is 0 Å². The van der Waals surface area contributed by atoms with Crippen molar-refractivity contribution < 1.29 is 9.59 Å². The van der Waals surface area contributed by atoms with E-state index in [1.807, 2.05) is 24.3 Å². The standard InChI is InChI=1S/C19H27N3O2.ClH/c1-2-15-7-3-4-8-17(15)22-13-16(10-18(22)23)19(24)21-12-14-6-5-9-20-11-14;/h3-4,7-8,14,16,20H,2,5-6,9-13H2,1H3,(H,21,24);1H. The van der Waals surface area contributed by atoms with Gasteiger partial charge >= 0.3 is 0 Å². The number of halogens is 1. The molecular weight excluding hydrogens is 338 g/mol. The second-order valence-electron chi connectivity index (χ2n) is 6.85. The maximum atomic E-state index is 12.5. The largest absolute Gasteiger partial charge is 0.355 e. The number of carbonyl (C=O) groups is 2. The Labute approximate surface area is 155 Å². The highest BCUT2D eigenvalue weighted by Crippen LogP contribution is 2.28. The molecule has 138 valence electrons. The summed E-state index contributed by atoms with van der Waals surface area (Å²) in [4.78, 5) is 26.6. The number of hydrogen-bond donors (Lipinski definition) is 2.